The number of carbonyl (C=O) groups is 2. The van der Waals surface area contributed by atoms with Gasteiger partial charge in [-0.05, 0) is 48.9 Å². The normalized spacial score (nSPS) is 22.4. The van der Waals surface area contributed by atoms with Crippen LogP contribution in [0.2, 0.25) is 0 Å². The quantitative estimate of drug-likeness (QED) is 0.481. The number of nitrogens with zero attached hydrogens (tertiary/aromatic N) is 2. The Morgan fingerprint density at radius 2 is 2.03 bits per heavy atom. The Hall–Kier alpha value is -3.82. The van der Waals surface area contributed by atoms with Crippen LogP contribution < -0.4 is 15.4 Å². The number of ether oxygens (including phenoxy) is 2. The van der Waals surface area contributed by atoms with Crippen LogP contribution in [0.3, 0.4) is 0 Å². The molecule has 9 heteroatoms. The van der Waals surface area contributed by atoms with E-state index < -0.39 is 6.10 Å². The Morgan fingerprint density at radius 1 is 1.11 bits per heavy atom. The van der Waals surface area contributed by atoms with Gasteiger partial charge in [0.2, 0.25) is 5.91 Å². The van der Waals surface area contributed by atoms with Gasteiger partial charge < -0.3 is 25.2 Å². The van der Waals surface area contributed by atoms with Crippen molar-refractivity contribution < 1.29 is 24.2 Å². The van der Waals surface area contributed by atoms with Gasteiger partial charge in [-0.1, -0.05) is 6.07 Å². The lowest BCUT2D eigenvalue weighted by Gasteiger charge is -2.37. The van der Waals surface area contributed by atoms with Gasteiger partial charge in [0.25, 0.3) is 5.91 Å². The highest BCUT2D eigenvalue weighted by molar-refractivity contribution is 6.04. The van der Waals surface area contributed by atoms with Crippen LogP contribution in [-0.2, 0) is 16.1 Å². The average molecular weight is 475 g/mol. The maximum atomic E-state index is 12.6. The molecule has 0 spiro atoms. The number of rotatable bonds is 7. The smallest absolute Gasteiger partial charge is 0.257 e. The fourth-order valence-electron chi connectivity index (χ4n) is 4.64. The second-order valence-corrected chi connectivity index (χ2v) is 8.65. The van der Waals surface area contributed by atoms with Crippen molar-refractivity contribution in [3.8, 4) is 5.75 Å². The molecular formula is C26H26N4O5. The van der Waals surface area contributed by atoms with E-state index in [0.717, 1.165) is 11.3 Å². The highest BCUT2D eigenvalue weighted by Crippen LogP contribution is 2.47. The van der Waals surface area contributed by atoms with Crippen molar-refractivity contribution >= 4 is 17.5 Å². The molecule has 0 saturated carbocycles. The third-order valence-corrected chi connectivity index (χ3v) is 6.29. The molecule has 9 nitrogen and oxygen atoms in total. The first kappa shape index (κ1) is 22.9. The first-order chi connectivity index (χ1) is 17.1. The van der Waals surface area contributed by atoms with Crippen molar-refractivity contribution in [2.24, 2.45) is 0 Å². The number of hydrogen-bond donors (Lipinski definition) is 3. The van der Waals surface area contributed by atoms with E-state index in [1.54, 1.807) is 30.6 Å². The Bertz CT molecular complexity index is 1190. The van der Waals surface area contributed by atoms with Crippen molar-refractivity contribution in [3.63, 3.8) is 0 Å². The zero-order valence-electron chi connectivity index (χ0n) is 19.0. The fraction of sp³-hybridized carbons (Fsp3) is 0.308. The number of benzene rings is 1. The van der Waals surface area contributed by atoms with E-state index in [1.165, 1.54) is 6.20 Å². The van der Waals surface area contributed by atoms with Crippen molar-refractivity contribution in [1.82, 2.24) is 15.3 Å². The maximum Gasteiger partial charge on any atom is 0.257 e. The van der Waals surface area contributed by atoms with E-state index in [4.69, 9.17) is 9.47 Å². The molecule has 5 rings (SSSR count). The van der Waals surface area contributed by atoms with E-state index >= 15 is 0 Å². The van der Waals surface area contributed by atoms with E-state index in [0.29, 0.717) is 30.0 Å². The van der Waals surface area contributed by atoms with Crippen LogP contribution in [-0.4, -0.2) is 51.8 Å². The summed E-state index contributed by atoms with van der Waals surface area (Å²) in [6.07, 6.45) is 4.25. The number of fused-ring (bicyclic) bond motifs is 3. The molecule has 2 amide bonds. The number of aliphatic hydroxyl groups excluding tert-OH is 1. The van der Waals surface area contributed by atoms with Gasteiger partial charge in [0.1, 0.15) is 18.0 Å². The summed E-state index contributed by atoms with van der Waals surface area (Å²) >= 11 is 0. The van der Waals surface area contributed by atoms with Gasteiger partial charge >= 0.3 is 0 Å². The van der Waals surface area contributed by atoms with Gasteiger partial charge in [-0.15, -0.1) is 0 Å². The van der Waals surface area contributed by atoms with Crippen LogP contribution in [0, 0.1) is 0 Å². The number of hydrogen-bond acceptors (Lipinski definition) is 7. The molecule has 1 aromatic carbocycles. The first-order valence-electron chi connectivity index (χ1n) is 11.6. The predicted octanol–water partition coefficient (Wildman–Crippen LogP) is 2.43. The lowest BCUT2D eigenvalue weighted by atomic mass is 9.84. The van der Waals surface area contributed by atoms with E-state index in [9.17, 15) is 14.7 Å². The molecule has 1 fully saturated rings. The van der Waals surface area contributed by atoms with Gasteiger partial charge in [-0.25, -0.2) is 0 Å². The summed E-state index contributed by atoms with van der Waals surface area (Å²) < 4.78 is 12.1. The summed E-state index contributed by atoms with van der Waals surface area (Å²) in [6.45, 7) is 0.125. The SMILES string of the molecule is O=C(C[C@H]1C[C@H]2c3cc(NC(=O)c4cccnc4)ccc3O[C@H]2[C@H](CO)O1)NCc1ccccn1. The zero-order valence-corrected chi connectivity index (χ0v) is 19.0. The van der Waals surface area contributed by atoms with Gasteiger partial charge in [0, 0.05) is 35.8 Å². The maximum absolute atomic E-state index is 12.6. The molecule has 2 aliphatic rings. The van der Waals surface area contributed by atoms with Crippen LogP contribution in [0.5, 0.6) is 5.75 Å². The summed E-state index contributed by atoms with van der Waals surface area (Å²) in [7, 11) is 0. The van der Waals surface area contributed by atoms with Gasteiger partial charge in [0.15, 0.2) is 0 Å². The van der Waals surface area contributed by atoms with Crippen molar-refractivity contribution in [2.45, 2.75) is 43.6 Å². The molecule has 0 unspecified atom stereocenters. The highest BCUT2D eigenvalue weighted by atomic mass is 16.6. The van der Waals surface area contributed by atoms with Crippen molar-refractivity contribution in [3.05, 3.63) is 83.9 Å². The molecule has 180 valence electrons. The number of nitrogens with one attached hydrogen (secondary N) is 2. The molecule has 2 aromatic heterocycles. The number of carbonyl (C=O) groups excluding carboxylic acids is 2. The molecule has 1 saturated heterocycles. The molecule has 4 atom stereocenters. The lowest BCUT2D eigenvalue weighted by Crippen LogP contribution is -2.47. The zero-order chi connectivity index (χ0) is 24.2. The Morgan fingerprint density at radius 3 is 2.80 bits per heavy atom. The molecular weight excluding hydrogens is 448 g/mol. The summed E-state index contributed by atoms with van der Waals surface area (Å²) in [5, 5.41) is 15.7. The third kappa shape index (κ3) is 5.16. The molecule has 0 bridgehead atoms. The minimum absolute atomic E-state index is 0.0697. The number of aromatic nitrogens is 2. The van der Waals surface area contributed by atoms with Gasteiger partial charge in [0.05, 0.1) is 36.9 Å². The first-order valence-corrected chi connectivity index (χ1v) is 11.6. The number of pyridine rings is 2. The number of amides is 2. The second kappa shape index (κ2) is 10.2. The Kier molecular flexibility index (Phi) is 6.69. The van der Waals surface area contributed by atoms with Crippen LogP contribution in [0.15, 0.2) is 67.1 Å². The second-order valence-electron chi connectivity index (χ2n) is 8.65. The van der Waals surface area contributed by atoms with Crippen molar-refractivity contribution in [1.29, 1.82) is 0 Å². The van der Waals surface area contributed by atoms with Crippen LogP contribution >= 0.6 is 0 Å². The predicted molar refractivity (Wildman–Crippen MR) is 127 cm³/mol. The standard InChI is InChI=1S/C26H26N4O5/c31-15-23-25-21(11-19(34-23)12-24(32)29-14-18-5-1-2-9-28-18)20-10-17(6-7-22(20)35-25)30-26(33)16-4-3-8-27-13-16/h1-10,13,19,21,23,25,31H,11-12,14-15H2,(H,29,32)(H,30,33)/t19-,21+,23+,25-/m1/s1. The molecule has 4 heterocycles. The van der Waals surface area contributed by atoms with Crippen LogP contribution in [0.1, 0.15) is 40.4 Å². The summed E-state index contributed by atoms with van der Waals surface area (Å²) in [5.41, 5.74) is 2.81. The molecule has 2 aliphatic heterocycles. The Labute approximate surface area is 202 Å². The molecule has 0 aliphatic carbocycles. The Balaban J connectivity index is 1.26. The van der Waals surface area contributed by atoms with Crippen molar-refractivity contribution in [2.75, 3.05) is 11.9 Å². The van der Waals surface area contributed by atoms with E-state index in [-0.39, 0.29) is 43.0 Å². The largest absolute Gasteiger partial charge is 0.487 e. The summed E-state index contributed by atoms with van der Waals surface area (Å²) in [6, 6.07) is 14.4. The minimum Gasteiger partial charge on any atom is -0.487 e. The van der Waals surface area contributed by atoms with Crippen LogP contribution in [0.25, 0.3) is 0 Å². The number of anilines is 1. The average Bonchev–Trinajstić information content (AvgIpc) is 3.26. The topological polar surface area (TPSA) is 123 Å². The molecule has 3 N–H and O–H groups in total. The monoisotopic (exact) mass is 474 g/mol. The third-order valence-electron chi connectivity index (χ3n) is 6.29. The summed E-state index contributed by atoms with van der Waals surface area (Å²) in [4.78, 5) is 33.3. The minimum atomic E-state index is -0.553. The fourth-order valence-corrected chi connectivity index (χ4v) is 4.64. The van der Waals surface area contributed by atoms with Gasteiger partial charge in [-0.3, -0.25) is 19.6 Å². The molecule has 35 heavy (non-hydrogen) atoms. The molecule has 3 aromatic rings. The number of aliphatic hydroxyl groups is 1. The van der Waals surface area contributed by atoms with E-state index in [2.05, 4.69) is 20.6 Å². The summed E-state index contributed by atoms with van der Waals surface area (Å²) in [5.74, 6) is 0.227. The van der Waals surface area contributed by atoms with Crippen LogP contribution in [0.4, 0.5) is 5.69 Å². The molecule has 0 radical (unpaired) electrons. The van der Waals surface area contributed by atoms with E-state index in [1.807, 2.05) is 30.3 Å². The van der Waals surface area contributed by atoms with Gasteiger partial charge in [-0.2, -0.15) is 0 Å². The lowest BCUT2D eigenvalue weighted by molar-refractivity contribution is -0.142. The highest BCUT2D eigenvalue weighted by Gasteiger charge is 2.46.